The molecule has 0 saturated heterocycles. The maximum atomic E-state index is 12.3. The Morgan fingerprint density at radius 3 is 2.63 bits per heavy atom. The molecule has 2 heterocycles. The van der Waals surface area contributed by atoms with E-state index >= 15 is 0 Å². The number of fused-ring (bicyclic) bond motifs is 1. The number of thiophene rings is 1. The van der Waals surface area contributed by atoms with Gasteiger partial charge in [0.25, 0.3) is 5.91 Å². The van der Waals surface area contributed by atoms with E-state index in [9.17, 15) is 4.79 Å². The summed E-state index contributed by atoms with van der Waals surface area (Å²) in [5, 5.41) is 6.30. The molecule has 0 fully saturated rings. The van der Waals surface area contributed by atoms with Crippen LogP contribution in [0.15, 0.2) is 66.0 Å². The molecule has 0 radical (unpaired) electrons. The number of hydrogen-bond acceptors (Lipinski definition) is 4. The lowest BCUT2D eigenvalue weighted by molar-refractivity contribution is 0.103. The Hall–Kier alpha value is -2.89. The van der Waals surface area contributed by atoms with Gasteiger partial charge in [-0.15, -0.1) is 11.3 Å². The zero-order chi connectivity index (χ0) is 18.8. The van der Waals surface area contributed by atoms with Crippen molar-refractivity contribution in [3.63, 3.8) is 0 Å². The van der Waals surface area contributed by atoms with Crippen molar-refractivity contribution in [3.05, 3.63) is 75.9 Å². The molecule has 0 bridgehead atoms. The number of nitrogens with one attached hydrogen (secondary N) is 1. The van der Waals surface area contributed by atoms with Crippen LogP contribution < -0.4 is 10.1 Å². The van der Waals surface area contributed by atoms with Crippen molar-refractivity contribution in [3.8, 4) is 17.0 Å². The zero-order valence-electron chi connectivity index (χ0n) is 14.4. The Morgan fingerprint density at radius 2 is 1.93 bits per heavy atom. The molecule has 0 atom stereocenters. The van der Waals surface area contributed by atoms with Gasteiger partial charge in [-0.25, -0.2) is 4.98 Å². The van der Waals surface area contributed by atoms with Crippen LogP contribution in [0.1, 0.15) is 9.67 Å². The van der Waals surface area contributed by atoms with Crippen LogP contribution in [0.2, 0.25) is 5.02 Å². The largest absolute Gasteiger partial charge is 0.496 e. The van der Waals surface area contributed by atoms with Gasteiger partial charge in [0.1, 0.15) is 5.75 Å². The number of nitrogens with zero attached hydrogens (tertiary/aromatic N) is 1. The number of rotatable bonds is 4. The molecule has 2 aromatic heterocycles. The van der Waals surface area contributed by atoms with Gasteiger partial charge >= 0.3 is 0 Å². The van der Waals surface area contributed by atoms with E-state index in [1.807, 2.05) is 60.0 Å². The van der Waals surface area contributed by atoms with E-state index in [1.165, 1.54) is 11.3 Å². The molecule has 6 heteroatoms. The van der Waals surface area contributed by atoms with E-state index in [0.717, 1.165) is 22.2 Å². The minimum Gasteiger partial charge on any atom is -0.496 e. The summed E-state index contributed by atoms with van der Waals surface area (Å²) in [6, 6.07) is 18.6. The predicted octanol–water partition coefficient (Wildman–Crippen LogP) is 5.88. The van der Waals surface area contributed by atoms with Gasteiger partial charge in [0.2, 0.25) is 0 Å². The highest BCUT2D eigenvalue weighted by atomic mass is 35.5. The normalized spacial score (nSPS) is 10.7. The van der Waals surface area contributed by atoms with E-state index in [2.05, 4.69) is 5.32 Å². The number of anilines is 1. The SMILES string of the molecule is COc1cc(-c2ccc(Cl)cc2)nc2ccc(NC(=O)c3cccs3)cc12. The van der Waals surface area contributed by atoms with E-state index in [-0.39, 0.29) is 5.91 Å². The van der Waals surface area contributed by atoms with Crippen LogP contribution in [-0.4, -0.2) is 18.0 Å². The second kappa shape index (κ2) is 7.39. The van der Waals surface area contributed by atoms with Crippen LogP contribution in [0.3, 0.4) is 0 Å². The standard InChI is InChI=1S/C21H15ClN2O2S/c1-26-19-12-18(13-4-6-14(22)7-5-13)24-17-9-8-15(11-16(17)19)23-21(25)20-3-2-10-27-20/h2-12H,1H3,(H,23,25). The van der Waals surface area contributed by atoms with E-state index in [0.29, 0.717) is 21.3 Å². The molecule has 4 aromatic rings. The quantitative estimate of drug-likeness (QED) is 0.470. The minimum absolute atomic E-state index is 0.130. The second-order valence-corrected chi connectivity index (χ2v) is 7.26. The molecule has 1 amide bonds. The number of pyridine rings is 1. The van der Waals surface area contributed by atoms with Crippen LogP contribution in [-0.2, 0) is 0 Å². The van der Waals surface area contributed by atoms with Gasteiger partial charge < -0.3 is 10.1 Å². The van der Waals surface area contributed by atoms with Gasteiger partial charge in [0, 0.05) is 27.7 Å². The number of amides is 1. The molecule has 0 aliphatic rings. The molecule has 134 valence electrons. The molecule has 0 aliphatic heterocycles. The zero-order valence-corrected chi connectivity index (χ0v) is 16.0. The molecule has 0 unspecified atom stereocenters. The van der Waals surface area contributed by atoms with Gasteiger partial charge in [-0.1, -0.05) is 29.8 Å². The lowest BCUT2D eigenvalue weighted by atomic mass is 10.1. The Balaban J connectivity index is 1.72. The first-order valence-corrected chi connectivity index (χ1v) is 9.49. The molecule has 4 nitrogen and oxygen atoms in total. The molecule has 1 N–H and O–H groups in total. The number of methoxy groups -OCH3 is 1. The van der Waals surface area contributed by atoms with Crippen LogP contribution in [0.5, 0.6) is 5.75 Å². The smallest absolute Gasteiger partial charge is 0.265 e. The summed E-state index contributed by atoms with van der Waals surface area (Å²) in [4.78, 5) is 17.7. The average molecular weight is 395 g/mol. The second-order valence-electron chi connectivity index (χ2n) is 5.88. The maximum Gasteiger partial charge on any atom is 0.265 e. The van der Waals surface area contributed by atoms with Crippen molar-refractivity contribution >= 4 is 45.4 Å². The fourth-order valence-corrected chi connectivity index (χ4v) is 3.56. The molecule has 2 aromatic carbocycles. The number of carbonyl (C=O) groups excluding carboxylic acids is 1. The summed E-state index contributed by atoms with van der Waals surface area (Å²) in [7, 11) is 1.62. The van der Waals surface area contributed by atoms with E-state index in [4.69, 9.17) is 21.3 Å². The van der Waals surface area contributed by atoms with Crippen molar-refractivity contribution in [1.82, 2.24) is 4.98 Å². The van der Waals surface area contributed by atoms with Crippen molar-refractivity contribution < 1.29 is 9.53 Å². The van der Waals surface area contributed by atoms with Crippen molar-refractivity contribution in [2.24, 2.45) is 0 Å². The lowest BCUT2D eigenvalue weighted by Crippen LogP contribution is -2.10. The van der Waals surface area contributed by atoms with Crippen LogP contribution in [0.4, 0.5) is 5.69 Å². The van der Waals surface area contributed by atoms with Gasteiger partial charge in [0.05, 0.1) is 23.2 Å². The molecule has 0 saturated carbocycles. The number of ether oxygens (including phenoxy) is 1. The fourth-order valence-electron chi connectivity index (χ4n) is 2.81. The van der Waals surface area contributed by atoms with Crippen molar-refractivity contribution in [1.29, 1.82) is 0 Å². The van der Waals surface area contributed by atoms with Gasteiger partial charge in [-0.3, -0.25) is 4.79 Å². The number of aromatic nitrogens is 1. The van der Waals surface area contributed by atoms with Crippen molar-refractivity contribution in [2.75, 3.05) is 12.4 Å². The number of carbonyl (C=O) groups is 1. The molecule has 4 rings (SSSR count). The first-order chi connectivity index (χ1) is 13.1. The molecule has 0 aliphatic carbocycles. The lowest BCUT2D eigenvalue weighted by Gasteiger charge is -2.11. The first-order valence-electron chi connectivity index (χ1n) is 8.23. The summed E-state index contributed by atoms with van der Waals surface area (Å²) >= 11 is 7.37. The maximum absolute atomic E-state index is 12.3. The van der Waals surface area contributed by atoms with E-state index < -0.39 is 0 Å². The third-order valence-electron chi connectivity index (χ3n) is 4.13. The van der Waals surface area contributed by atoms with Gasteiger partial charge in [0.15, 0.2) is 0 Å². The molecular formula is C21H15ClN2O2S. The Kier molecular flexibility index (Phi) is 4.79. The molecule has 27 heavy (non-hydrogen) atoms. The van der Waals surface area contributed by atoms with Crippen LogP contribution in [0.25, 0.3) is 22.2 Å². The molecule has 0 spiro atoms. The summed E-state index contributed by atoms with van der Waals surface area (Å²) in [5.74, 6) is 0.561. The highest BCUT2D eigenvalue weighted by Crippen LogP contribution is 2.32. The highest BCUT2D eigenvalue weighted by molar-refractivity contribution is 7.12. The predicted molar refractivity (Wildman–Crippen MR) is 111 cm³/mol. The van der Waals surface area contributed by atoms with Crippen LogP contribution >= 0.6 is 22.9 Å². The summed E-state index contributed by atoms with van der Waals surface area (Å²) < 4.78 is 5.57. The summed E-state index contributed by atoms with van der Waals surface area (Å²) in [5.41, 5.74) is 3.23. The first kappa shape index (κ1) is 17.5. The summed E-state index contributed by atoms with van der Waals surface area (Å²) in [6.45, 7) is 0. The average Bonchev–Trinajstić information content (AvgIpc) is 3.23. The Morgan fingerprint density at radius 1 is 1.11 bits per heavy atom. The Bertz CT molecular complexity index is 1110. The number of benzene rings is 2. The number of halogens is 1. The van der Waals surface area contributed by atoms with E-state index in [1.54, 1.807) is 13.2 Å². The van der Waals surface area contributed by atoms with Gasteiger partial charge in [-0.05, 0) is 41.8 Å². The van der Waals surface area contributed by atoms with Crippen LogP contribution in [0, 0.1) is 0 Å². The minimum atomic E-state index is -0.130. The fraction of sp³-hybridized carbons (Fsp3) is 0.0476. The highest BCUT2D eigenvalue weighted by Gasteiger charge is 2.11. The summed E-state index contributed by atoms with van der Waals surface area (Å²) in [6.07, 6.45) is 0. The number of hydrogen-bond donors (Lipinski definition) is 1. The van der Waals surface area contributed by atoms with Gasteiger partial charge in [-0.2, -0.15) is 0 Å². The molecular weight excluding hydrogens is 380 g/mol. The third-order valence-corrected chi connectivity index (χ3v) is 5.25. The van der Waals surface area contributed by atoms with Crippen molar-refractivity contribution in [2.45, 2.75) is 0 Å². The third kappa shape index (κ3) is 3.65. The Labute approximate surface area is 165 Å². The topological polar surface area (TPSA) is 51.2 Å². The monoisotopic (exact) mass is 394 g/mol.